The summed E-state index contributed by atoms with van der Waals surface area (Å²) in [6, 6.07) is 1.58. The van der Waals surface area contributed by atoms with E-state index < -0.39 is 11.9 Å². The normalized spacial score (nSPS) is 12.2. The van der Waals surface area contributed by atoms with Gasteiger partial charge < -0.3 is 11.1 Å². The van der Waals surface area contributed by atoms with Crippen LogP contribution in [0.25, 0.3) is 0 Å². The van der Waals surface area contributed by atoms with Gasteiger partial charge in [0.2, 0.25) is 5.91 Å². The second-order valence-corrected chi connectivity index (χ2v) is 4.63. The minimum atomic E-state index is -0.480. The van der Waals surface area contributed by atoms with E-state index in [4.69, 9.17) is 11.0 Å². The summed E-state index contributed by atoms with van der Waals surface area (Å²) in [6.45, 7) is 5.54. The summed E-state index contributed by atoms with van der Waals surface area (Å²) in [5, 5.41) is 12.5. The van der Waals surface area contributed by atoms with Gasteiger partial charge in [-0.15, -0.1) is 0 Å². The molecule has 1 heterocycles. The SMILES string of the molecule is Cc1nsc(NC(C(N)=O)C(C)C)c1C#N. The first kappa shape index (κ1) is 12.5. The molecular formula is C10H14N4OS. The van der Waals surface area contributed by atoms with Gasteiger partial charge in [0, 0.05) is 0 Å². The van der Waals surface area contributed by atoms with Gasteiger partial charge in [-0.25, -0.2) is 0 Å². The molecule has 0 aliphatic carbocycles. The lowest BCUT2D eigenvalue weighted by atomic mass is 10.0. The molecule has 0 spiro atoms. The third kappa shape index (κ3) is 2.49. The van der Waals surface area contributed by atoms with Crippen LogP contribution in [0, 0.1) is 24.2 Å². The molecule has 0 aromatic carbocycles. The molecular weight excluding hydrogens is 224 g/mol. The fourth-order valence-electron chi connectivity index (χ4n) is 1.31. The minimum Gasteiger partial charge on any atom is -0.368 e. The Labute approximate surface area is 98.4 Å². The molecule has 0 fully saturated rings. The van der Waals surface area contributed by atoms with Crippen LogP contribution in [-0.2, 0) is 4.79 Å². The number of anilines is 1. The quantitative estimate of drug-likeness (QED) is 0.825. The molecule has 0 aliphatic rings. The van der Waals surface area contributed by atoms with Crippen molar-refractivity contribution < 1.29 is 4.79 Å². The van der Waals surface area contributed by atoms with Crippen molar-refractivity contribution in [3.05, 3.63) is 11.3 Å². The van der Waals surface area contributed by atoms with E-state index in [-0.39, 0.29) is 5.92 Å². The molecule has 0 aliphatic heterocycles. The highest BCUT2D eigenvalue weighted by Gasteiger charge is 2.22. The molecule has 16 heavy (non-hydrogen) atoms. The van der Waals surface area contributed by atoms with Crippen molar-refractivity contribution in [2.45, 2.75) is 26.8 Å². The van der Waals surface area contributed by atoms with E-state index in [1.807, 2.05) is 13.8 Å². The van der Waals surface area contributed by atoms with Crippen LogP contribution >= 0.6 is 11.5 Å². The molecule has 6 heteroatoms. The molecule has 1 aromatic heterocycles. The lowest BCUT2D eigenvalue weighted by Gasteiger charge is -2.18. The van der Waals surface area contributed by atoms with Crippen molar-refractivity contribution in [1.82, 2.24) is 4.37 Å². The molecule has 5 nitrogen and oxygen atoms in total. The van der Waals surface area contributed by atoms with E-state index in [0.29, 0.717) is 16.3 Å². The average molecular weight is 238 g/mol. The van der Waals surface area contributed by atoms with Gasteiger partial charge in [0.05, 0.1) is 5.69 Å². The van der Waals surface area contributed by atoms with Crippen LogP contribution in [-0.4, -0.2) is 16.3 Å². The predicted molar refractivity (Wildman–Crippen MR) is 63.0 cm³/mol. The number of nitrogens with zero attached hydrogens (tertiary/aromatic N) is 2. The number of nitriles is 1. The molecule has 86 valence electrons. The van der Waals surface area contributed by atoms with Crippen LogP contribution in [0.1, 0.15) is 25.1 Å². The Hall–Kier alpha value is -1.61. The van der Waals surface area contributed by atoms with Crippen LogP contribution in [0.4, 0.5) is 5.00 Å². The zero-order valence-corrected chi connectivity index (χ0v) is 10.3. The number of hydrogen-bond donors (Lipinski definition) is 2. The second kappa shape index (κ2) is 4.94. The number of aryl methyl sites for hydroxylation is 1. The Kier molecular flexibility index (Phi) is 3.85. The topological polar surface area (TPSA) is 91.8 Å². The summed E-state index contributed by atoms with van der Waals surface area (Å²) in [4.78, 5) is 11.2. The number of nitrogens with two attached hydrogens (primary N) is 1. The van der Waals surface area contributed by atoms with E-state index in [9.17, 15) is 4.79 Å². The largest absolute Gasteiger partial charge is 0.368 e. The van der Waals surface area contributed by atoms with Crippen molar-refractivity contribution in [1.29, 1.82) is 5.26 Å². The summed E-state index contributed by atoms with van der Waals surface area (Å²) in [5.41, 5.74) is 6.44. The van der Waals surface area contributed by atoms with E-state index in [2.05, 4.69) is 15.8 Å². The summed E-state index contributed by atoms with van der Waals surface area (Å²) in [7, 11) is 0. The maximum Gasteiger partial charge on any atom is 0.240 e. The fraction of sp³-hybridized carbons (Fsp3) is 0.500. The highest BCUT2D eigenvalue weighted by Crippen LogP contribution is 2.25. The Bertz CT molecular complexity index is 433. The van der Waals surface area contributed by atoms with Gasteiger partial charge in [-0.2, -0.15) is 9.64 Å². The number of aromatic nitrogens is 1. The summed E-state index contributed by atoms with van der Waals surface area (Å²) < 4.78 is 4.06. The Morgan fingerprint density at radius 1 is 1.62 bits per heavy atom. The minimum absolute atomic E-state index is 0.0615. The van der Waals surface area contributed by atoms with E-state index >= 15 is 0 Å². The van der Waals surface area contributed by atoms with Gasteiger partial charge in [0.25, 0.3) is 0 Å². The molecule has 0 saturated heterocycles. The average Bonchev–Trinajstić information content (AvgIpc) is 2.54. The van der Waals surface area contributed by atoms with E-state index in [1.165, 1.54) is 11.5 Å². The smallest absolute Gasteiger partial charge is 0.240 e. The van der Waals surface area contributed by atoms with Gasteiger partial charge in [-0.05, 0) is 24.4 Å². The zero-order valence-electron chi connectivity index (χ0n) is 9.44. The van der Waals surface area contributed by atoms with Crippen molar-refractivity contribution >= 4 is 22.4 Å². The molecule has 1 amide bonds. The highest BCUT2D eigenvalue weighted by molar-refractivity contribution is 7.10. The number of carbonyl (C=O) groups excluding carboxylic acids is 1. The Morgan fingerprint density at radius 2 is 2.25 bits per heavy atom. The summed E-state index contributed by atoms with van der Waals surface area (Å²) in [6.07, 6.45) is 0. The molecule has 1 rings (SSSR count). The van der Waals surface area contributed by atoms with Crippen molar-refractivity contribution in [2.75, 3.05) is 5.32 Å². The van der Waals surface area contributed by atoms with Gasteiger partial charge in [0.15, 0.2) is 0 Å². The number of hydrogen-bond acceptors (Lipinski definition) is 5. The first-order valence-electron chi connectivity index (χ1n) is 4.89. The third-order valence-corrected chi connectivity index (χ3v) is 3.10. The number of amides is 1. The van der Waals surface area contributed by atoms with E-state index in [0.717, 1.165) is 0 Å². The summed E-state index contributed by atoms with van der Waals surface area (Å²) in [5.74, 6) is -0.364. The first-order chi connectivity index (χ1) is 7.47. The van der Waals surface area contributed by atoms with E-state index in [1.54, 1.807) is 6.92 Å². The highest BCUT2D eigenvalue weighted by atomic mass is 32.1. The van der Waals surface area contributed by atoms with Crippen LogP contribution in [0.15, 0.2) is 0 Å². The Morgan fingerprint density at radius 3 is 2.69 bits per heavy atom. The molecule has 0 bridgehead atoms. The van der Waals surface area contributed by atoms with Crippen molar-refractivity contribution in [3.8, 4) is 6.07 Å². The van der Waals surface area contributed by atoms with Crippen LogP contribution in [0.2, 0.25) is 0 Å². The molecule has 3 N–H and O–H groups in total. The fourth-order valence-corrected chi connectivity index (χ4v) is 2.09. The van der Waals surface area contributed by atoms with Crippen molar-refractivity contribution in [2.24, 2.45) is 11.7 Å². The zero-order chi connectivity index (χ0) is 12.3. The molecule has 0 saturated carbocycles. The van der Waals surface area contributed by atoms with Crippen LogP contribution in [0.3, 0.4) is 0 Å². The maximum atomic E-state index is 11.2. The van der Waals surface area contributed by atoms with Gasteiger partial charge in [-0.1, -0.05) is 13.8 Å². The summed E-state index contributed by atoms with van der Waals surface area (Å²) >= 11 is 1.17. The van der Waals surface area contributed by atoms with Crippen LogP contribution < -0.4 is 11.1 Å². The monoisotopic (exact) mass is 238 g/mol. The van der Waals surface area contributed by atoms with Gasteiger partial charge in [0.1, 0.15) is 22.7 Å². The molecule has 1 atom stereocenters. The lowest BCUT2D eigenvalue weighted by molar-refractivity contribution is -0.119. The first-order valence-corrected chi connectivity index (χ1v) is 5.67. The molecule has 0 radical (unpaired) electrons. The number of carbonyl (C=O) groups is 1. The predicted octanol–water partition coefficient (Wildman–Crippen LogP) is 1.24. The third-order valence-electron chi connectivity index (χ3n) is 2.23. The number of primary amides is 1. The second-order valence-electron chi connectivity index (χ2n) is 3.85. The Balaban J connectivity index is 2.95. The molecule has 1 aromatic rings. The van der Waals surface area contributed by atoms with Crippen molar-refractivity contribution in [3.63, 3.8) is 0 Å². The lowest BCUT2D eigenvalue weighted by Crippen LogP contribution is -2.39. The maximum absolute atomic E-state index is 11.2. The number of rotatable bonds is 4. The standard InChI is InChI=1S/C10H14N4OS/c1-5(2)8(9(12)15)13-10-7(4-11)6(3)14-16-10/h5,8,13H,1-3H3,(H2,12,15). The van der Waals surface area contributed by atoms with Gasteiger partial charge in [-0.3, -0.25) is 4.79 Å². The molecule has 1 unspecified atom stereocenters. The number of nitrogens with one attached hydrogen (secondary N) is 1. The van der Waals surface area contributed by atoms with Crippen LogP contribution in [0.5, 0.6) is 0 Å². The van der Waals surface area contributed by atoms with Gasteiger partial charge >= 0.3 is 0 Å².